The quantitative estimate of drug-likeness (QED) is 0.519. The number of aliphatic imine (C=N–C) groups is 1. The average molecular weight is 130 g/mol. The van der Waals surface area contributed by atoms with Gasteiger partial charge in [-0.25, -0.2) is 0 Å². The second kappa shape index (κ2) is 4.47. The van der Waals surface area contributed by atoms with Crippen molar-refractivity contribution in [3.05, 3.63) is 0 Å². The predicted octanol–water partition coefficient (Wildman–Crippen LogP) is -0.213. The predicted molar refractivity (Wildman–Crippen MR) is 38.7 cm³/mol. The van der Waals surface area contributed by atoms with Crippen LogP contribution in [0.4, 0.5) is 0 Å². The fourth-order valence-corrected chi connectivity index (χ4v) is 0.514. The third-order valence-electron chi connectivity index (χ3n) is 1.33. The highest BCUT2D eigenvalue weighted by atomic mass is 16.3. The van der Waals surface area contributed by atoms with Crippen LogP contribution in [0.3, 0.4) is 0 Å². The molecule has 0 aliphatic carbocycles. The van der Waals surface area contributed by atoms with E-state index in [9.17, 15) is 0 Å². The Labute approximate surface area is 55.6 Å². The summed E-state index contributed by atoms with van der Waals surface area (Å²) in [6.45, 7) is 1.99. The molecule has 3 heteroatoms. The van der Waals surface area contributed by atoms with Gasteiger partial charge in [0, 0.05) is 25.4 Å². The molecule has 0 bridgehead atoms. The summed E-state index contributed by atoms with van der Waals surface area (Å²) in [5.41, 5.74) is 6.44. The molecule has 3 nitrogen and oxygen atoms in total. The second-order valence-corrected chi connectivity index (χ2v) is 1.98. The molecule has 0 radical (unpaired) electrons. The lowest BCUT2D eigenvalue weighted by molar-refractivity contribution is 0.285. The number of nitrogens with zero attached hydrogens (tertiary/aromatic N) is 1. The zero-order valence-corrected chi connectivity index (χ0v) is 5.96. The van der Waals surface area contributed by atoms with Crippen molar-refractivity contribution in [1.29, 1.82) is 0 Å². The fraction of sp³-hybridized carbons (Fsp3) is 0.833. The fourth-order valence-electron chi connectivity index (χ4n) is 0.514. The highest BCUT2D eigenvalue weighted by molar-refractivity contribution is 5.86. The Bertz CT molecular complexity index is 101. The number of rotatable bonds is 3. The normalized spacial score (nSPS) is 15.8. The first-order valence-electron chi connectivity index (χ1n) is 3.02. The first-order valence-corrected chi connectivity index (χ1v) is 3.02. The van der Waals surface area contributed by atoms with Gasteiger partial charge >= 0.3 is 0 Å². The lowest BCUT2D eigenvalue weighted by Gasteiger charge is -2.07. The van der Waals surface area contributed by atoms with Gasteiger partial charge in [-0.15, -0.1) is 0 Å². The van der Waals surface area contributed by atoms with Crippen LogP contribution < -0.4 is 5.73 Å². The number of hydrogen-bond acceptors (Lipinski definition) is 3. The van der Waals surface area contributed by atoms with Crippen molar-refractivity contribution < 1.29 is 5.11 Å². The molecule has 9 heavy (non-hydrogen) atoms. The molecule has 3 N–H and O–H groups in total. The molecule has 0 fully saturated rings. The van der Waals surface area contributed by atoms with E-state index in [0.29, 0.717) is 6.42 Å². The molecule has 0 aromatic rings. The van der Waals surface area contributed by atoms with Crippen molar-refractivity contribution in [2.75, 3.05) is 13.7 Å². The van der Waals surface area contributed by atoms with Crippen LogP contribution in [0.25, 0.3) is 0 Å². The van der Waals surface area contributed by atoms with Crippen molar-refractivity contribution in [2.24, 2.45) is 10.7 Å². The minimum atomic E-state index is -0.0694. The molecule has 1 unspecified atom stereocenters. The largest absolute Gasteiger partial charge is 0.396 e. The minimum Gasteiger partial charge on any atom is -0.396 e. The number of aliphatic hydroxyl groups excluding tert-OH is 1. The molecule has 0 spiro atoms. The maximum absolute atomic E-state index is 8.45. The van der Waals surface area contributed by atoms with Gasteiger partial charge in [0.05, 0.1) is 0 Å². The summed E-state index contributed by atoms with van der Waals surface area (Å²) in [6, 6.07) is -0.0694. The highest BCUT2D eigenvalue weighted by Gasteiger charge is 2.02. The Kier molecular flexibility index (Phi) is 4.26. The standard InChI is InChI=1S/C6H14N2O/c1-5(8-2)6(7)3-4-9/h6,9H,3-4,7H2,1-2H3. The van der Waals surface area contributed by atoms with Gasteiger partial charge in [-0.1, -0.05) is 0 Å². The molecule has 0 saturated heterocycles. The van der Waals surface area contributed by atoms with Crippen molar-refractivity contribution in [2.45, 2.75) is 19.4 Å². The molecule has 0 aliphatic rings. The zero-order valence-electron chi connectivity index (χ0n) is 5.96. The maximum Gasteiger partial charge on any atom is 0.0449 e. The van der Waals surface area contributed by atoms with Crippen molar-refractivity contribution >= 4 is 5.71 Å². The number of aliphatic hydroxyl groups is 1. The molecule has 0 heterocycles. The summed E-state index contributed by atoms with van der Waals surface area (Å²) < 4.78 is 0. The topological polar surface area (TPSA) is 58.6 Å². The minimum absolute atomic E-state index is 0.0694. The maximum atomic E-state index is 8.45. The van der Waals surface area contributed by atoms with E-state index < -0.39 is 0 Å². The van der Waals surface area contributed by atoms with Gasteiger partial charge in [-0.05, 0) is 13.3 Å². The molecular formula is C6H14N2O. The van der Waals surface area contributed by atoms with Crippen LogP contribution in [0.1, 0.15) is 13.3 Å². The highest BCUT2D eigenvalue weighted by Crippen LogP contribution is 1.89. The molecule has 0 aromatic heterocycles. The van der Waals surface area contributed by atoms with E-state index in [1.807, 2.05) is 6.92 Å². The van der Waals surface area contributed by atoms with Gasteiger partial charge < -0.3 is 10.8 Å². The molecule has 54 valence electrons. The van der Waals surface area contributed by atoms with Gasteiger partial charge in [-0.3, -0.25) is 4.99 Å². The van der Waals surface area contributed by atoms with Gasteiger partial charge in [0.15, 0.2) is 0 Å². The van der Waals surface area contributed by atoms with Crippen LogP contribution in [-0.2, 0) is 0 Å². The van der Waals surface area contributed by atoms with Crippen LogP contribution in [-0.4, -0.2) is 30.5 Å². The number of hydrogen-bond donors (Lipinski definition) is 2. The van der Waals surface area contributed by atoms with E-state index in [2.05, 4.69) is 4.99 Å². The first kappa shape index (κ1) is 8.59. The molecule has 1 atom stereocenters. The van der Waals surface area contributed by atoms with Crippen LogP contribution in [0.5, 0.6) is 0 Å². The first-order chi connectivity index (χ1) is 4.22. The smallest absolute Gasteiger partial charge is 0.0449 e. The van der Waals surface area contributed by atoms with E-state index in [4.69, 9.17) is 10.8 Å². The molecule has 0 aliphatic heterocycles. The van der Waals surface area contributed by atoms with Gasteiger partial charge in [0.2, 0.25) is 0 Å². The summed E-state index contributed by atoms with van der Waals surface area (Å²) >= 11 is 0. The van der Waals surface area contributed by atoms with E-state index in [0.717, 1.165) is 5.71 Å². The van der Waals surface area contributed by atoms with Crippen molar-refractivity contribution in [3.63, 3.8) is 0 Å². The molecule has 0 aromatic carbocycles. The van der Waals surface area contributed by atoms with E-state index in [1.165, 1.54) is 0 Å². The average Bonchev–Trinajstić information content (AvgIpc) is 1.87. The van der Waals surface area contributed by atoms with Crippen LogP contribution in [0, 0.1) is 0 Å². The van der Waals surface area contributed by atoms with Gasteiger partial charge in [-0.2, -0.15) is 0 Å². The summed E-state index contributed by atoms with van der Waals surface area (Å²) in [7, 11) is 1.70. The summed E-state index contributed by atoms with van der Waals surface area (Å²) in [6.07, 6.45) is 0.600. The van der Waals surface area contributed by atoms with E-state index >= 15 is 0 Å². The van der Waals surface area contributed by atoms with Crippen LogP contribution in [0.2, 0.25) is 0 Å². The Balaban J connectivity index is 3.59. The van der Waals surface area contributed by atoms with E-state index in [1.54, 1.807) is 7.05 Å². The molecule has 0 amide bonds. The number of nitrogens with two attached hydrogens (primary N) is 1. The Morgan fingerprint density at radius 2 is 2.33 bits per heavy atom. The Morgan fingerprint density at radius 1 is 1.78 bits per heavy atom. The zero-order chi connectivity index (χ0) is 7.28. The molecule has 0 rings (SSSR count). The Morgan fingerprint density at radius 3 is 2.67 bits per heavy atom. The van der Waals surface area contributed by atoms with Crippen molar-refractivity contribution in [1.82, 2.24) is 0 Å². The third kappa shape index (κ3) is 3.21. The van der Waals surface area contributed by atoms with E-state index in [-0.39, 0.29) is 12.6 Å². The lowest BCUT2D eigenvalue weighted by Crippen LogP contribution is -2.29. The summed E-state index contributed by atoms with van der Waals surface area (Å²) in [4.78, 5) is 3.89. The summed E-state index contributed by atoms with van der Waals surface area (Å²) in [5.74, 6) is 0. The monoisotopic (exact) mass is 130 g/mol. The van der Waals surface area contributed by atoms with Crippen LogP contribution in [0.15, 0.2) is 4.99 Å². The van der Waals surface area contributed by atoms with Crippen LogP contribution >= 0.6 is 0 Å². The molecular weight excluding hydrogens is 116 g/mol. The lowest BCUT2D eigenvalue weighted by atomic mass is 10.1. The van der Waals surface area contributed by atoms with Crippen molar-refractivity contribution in [3.8, 4) is 0 Å². The second-order valence-electron chi connectivity index (χ2n) is 1.98. The van der Waals surface area contributed by atoms with Gasteiger partial charge in [0.25, 0.3) is 0 Å². The third-order valence-corrected chi connectivity index (χ3v) is 1.33. The summed E-state index contributed by atoms with van der Waals surface area (Å²) in [5, 5.41) is 8.45. The SMILES string of the molecule is CN=C(C)C(N)CCO. The Hall–Kier alpha value is -0.410. The van der Waals surface area contributed by atoms with Gasteiger partial charge in [0.1, 0.15) is 0 Å². The molecule has 0 saturated carbocycles.